The maximum Gasteiger partial charge on any atom is 0.115 e. The lowest BCUT2D eigenvalue weighted by Gasteiger charge is -2.21. The molecule has 0 amide bonds. The molecule has 0 fully saturated rings. The van der Waals surface area contributed by atoms with Crippen molar-refractivity contribution in [3.63, 3.8) is 0 Å². The monoisotopic (exact) mass is 255 g/mol. The third-order valence-electron chi connectivity index (χ3n) is 3.38. The summed E-state index contributed by atoms with van der Waals surface area (Å²) < 4.78 is 0. The van der Waals surface area contributed by atoms with Crippen molar-refractivity contribution in [2.75, 3.05) is 6.54 Å². The molecule has 1 unspecified atom stereocenters. The first-order chi connectivity index (χ1) is 9.02. The summed E-state index contributed by atoms with van der Waals surface area (Å²) in [5.41, 5.74) is 9.58. The molecule has 0 saturated heterocycles. The summed E-state index contributed by atoms with van der Waals surface area (Å²) >= 11 is 0. The van der Waals surface area contributed by atoms with Crippen molar-refractivity contribution >= 4 is 0 Å². The molecule has 0 spiro atoms. The van der Waals surface area contributed by atoms with E-state index in [1.54, 1.807) is 12.5 Å². The fourth-order valence-electron chi connectivity index (χ4n) is 2.15. The predicted octanol–water partition coefficient (Wildman–Crippen LogP) is 2.86. The Morgan fingerprint density at radius 1 is 1.11 bits per heavy atom. The highest BCUT2D eigenvalue weighted by Crippen LogP contribution is 2.26. The van der Waals surface area contributed by atoms with Crippen molar-refractivity contribution in [1.82, 2.24) is 9.97 Å². The van der Waals surface area contributed by atoms with E-state index in [9.17, 15) is 0 Å². The Hall–Kier alpha value is -1.74. The van der Waals surface area contributed by atoms with E-state index in [0.29, 0.717) is 6.54 Å². The number of rotatable bonds is 3. The Kier molecular flexibility index (Phi) is 3.96. The maximum absolute atomic E-state index is 5.90. The number of hydrogen-bond acceptors (Lipinski definition) is 3. The van der Waals surface area contributed by atoms with Crippen molar-refractivity contribution in [3.8, 4) is 0 Å². The first kappa shape index (κ1) is 13.7. The molecule has 1 aromatic carbocycles. The van der Waals surface area contributed by atoms with Gasteiger partial charge in [-0.1, -0.05) is 45.0 Å². The second-order valence-corrected chi connectivity index (χ2v) is 5.79. The molecule has 0 radical (unpaired) electrons. The topological polar surface area (TPSA) is 51.8 Å². The zero-order valence-electron chi connectivity index (χ0n) is 11.8. The van der Waals surface area contributed by atoms with Gasteiger partial charge in [0.2, 0.25) is 0 Å². The Labute approximate surface area is 114 Å². The summed E-state index contributed by atoms with van der Waals surface area (Å²) in [6.45, 7) is 7.19. The van der Waals surface area contributed by atoms with Gasteiger partial charge >= 0.3 is 0 Å². The number of hydrogen-bond donors (Lipinski definition) is 1. The fourth-order valence-corrected chi connectivity index (χ4v) is 2.15. The molecule has 2 rings (SSSR count). The Bertz CT molecular complexity index is 512. The molecule has 1 aromatic heterocycles. The van der Waals surface area contributed by atoms with Gasteiger partial charge in [0.1, 0.15) is 6.33 Å². The average Bonchev–Trinajstić information content (AvgIpc) is 2.40. The van der Waals surface area contributed by atoms with E-state index in [2.05, 4.69) is 55.0 Å². The number of nitrogens with two attached hydrogens (primary N) is 1. The van der Waals surface area contributed by atoms with Crippen LogP contribution in [0.25, 0.3) is 0 Å². The van der Waals surface area contributed by atoms with Gasteiger partial charge < -0.3 is 5.73 Å². The SMILES string of the molecule is CC(C)(C)c1ccc(C(CN)c2ccncn2)cc1. The van der Waals surface area contributed by atoms with Crippen LogP contribution in [0.2, 0.25) is 0 Å². The minimum Gasteiger partial charge on any atom is -0.329 e. The summed E-state index contributed by atoms with van der Waals surface area (Å²) in [4.78, 5) is 8.26. The summed E-state index contributed by atoms with van der Waals surface area (Å²) in [6.07, 6.45) is 3.33. The van der Waals surface area contributed by atoms with Crippen LogP contribution in [0.1, 0.15) is 43.5 Å². The fraction of sp³-hybridized carbons (Fsp3) is 0.375. The lowest BCUT2D eigenvalue weighted by Crippen LogP contribution is -2.16. The van der Waals surface area contributed by atoms with Gasteiger partial charge in [0.15, 0.2) is 0 Å². The van der Waals surface area contributed by atoms with Crippen molar-refractivity contribution in [1.29, 1.82) is 0 Å². The molecule has 0 aliphatic carbocycles. The zero-order chi connectivity index (χ0) is 13.9. The molecule has 0 aliphatic heterocycles. The smallest absolute Gasteiger partial charge is 0.115 e. The van der Waals surface area contributed by atoms with Gasteiger partial charge in [-0.05, 0) is 22.6 Å². The molecule has 2 aromatic rings. The lowest BCUT2D eigenvalue weighted by atomic mass is 9.85. The summed E-state index contributed by atoms with van der Waals surface area (Å²) in [7, 11) is 0. The van der Waals surface area contributed by atoms with Crippen LogP contribution >= 0.6 is 0 Å². The van der Waals surface area contributed by atoms with Crippen LogP contribution in [0.3, 0.4) is 0 Å². The van der Waals surface area contributed by atoms with Gasteiger partial charge in [0.25, 0.3) is 0 Å². The molecule has 19 heavy (non-hydrogen) atoms. The largest absolute Gasteiger partial charge is 0.329 e. The van der Waals surface area contributed by atoms with Crippen LogP contribution in [0.5, 0.6) is 0 Å². The standard InChI is InChI=1S/C16H21N3/c1-16(2,3)13-6-4-12(5-7-13)14(10-17)15-8-9-18-11-19-15/h4-9,11,14H,10,17H2,1-3H3. The lowest BCUT2D eigenvalue weighted by molar-refractivity contribution is 0.589. The van der Waals surface area contributed by atoms with E-state index in [1.165, 1.54) is 11.1 Å². The summed E-state index contributed by atoms with van der Waals surface area (Å²) in [6, 6.07) is 10.6. The summed E-state index contributed by atoms with van der Waals surface area (Å²) in [5.74, 6) is 0.136. The van der Waals surface area contributed by atoms with E-state index in [1.807, 2.05) is 6.07 Å². The van der Waals surface area contributed by atoms with Crippen LogP contribution in [-0.2, 0) is 5.41 Å². The zero-order valence-corrected chi connectivity index (χ0v) is 11.8. The molecule has 100 valence electrons. The van der Waals surface area contributed by atoms with Crippen LogP contribution in [0.15, 0.2) is 42.9 Å². The third kappa shape index (κ3) is 3.18. The van der Waals surface area contributed by atoms with Crippen LogP contribution in [0.4, 0.5) is 0 Å². The Balaban J connectivity index is 2.30. The highest BCUT2D eigenvalue weighted by molar-refractivity contribution is 5.33. The van der Waals surface area contributed by atoms with Crippen molar-refractivity contribution < 1.29 is 0 Å². The molecule has 1 heterocycles. The summed E-state index contributed by atoms with van der Waals surface area (Å²) in [5, 5.41) is 0. The molecule has 0 bridgehead atoms. The molecule has 1 atom stereocenters. The van der Waals surface area contributed by atoms with E-state index < -0.39 is 0 Å². The van der Waals surface area contributed by atoms with Crippen LogP contribution < -0.4 is 5.73 Å². The van der Waals surface area contributed by atoms with Crippen LogP contribution in [-0.4, -0.2) is 16.5 Å². The Morgan fingerprint density at radius 3 is 2.26 bits per heavy atom. The van der Waals surface area contributed by atoms with E-state index >= 15 is 0 Å². The second kappa shape index (κ2) is 5.49. The minimum atomic E-state index is 0.136. The molecule has 0 aliphatic rings. The highest BCUT2D eigenvalue weighted by atomic mass is 14.8. The minimum absolute atomic E-state index is 0.136. The van der Waals surface area contributed by atoms with Crippen molar-refractivity contribution in [2.45, 2.75) is 32.1 Å². The number of benzene rings is 1. The number of aromatic nitrogens is 2. The van der Waals surface area contributed by atoms with Crippen LogP contribution in [0, 0.1) is 0 Å². The van der Waals surface area contributed by atoms with E-state index in [0.717, 1.165) is 5.69 Å². The van der Waals surface area contributed by atoms with E-state index in [-0.39, 0.29) is 11.3 Å². The Morgan fingerprint density at radius 2 is 1.79 bits per heavy atom. The van der Waals surface area contributed by atoms with Gasteiger partial charge in [0, 0.05) is 18.7 Å². The first-order valence-electron chi connectivity index (χ1n) is 6.59. The highest BCUT2D eigenvalue weighted by Gasteiger charge is 2.16. The quantitative estimate of drug-likeness (QED) is 0.917. The number of nitrogens with zero attached hydrogens (tertiary/aromatic N) is 2. The van der Waals surface area contributed by atoms with Gasteiger partial charge in [0.05, 0.1) is 5.69 Å². The van der Waals surface area contributed by atoms with Gasteiger partial charge in [-0.25, -0.2) is 9.97 Å². The van der Waals surface area contributed by atoms with Gasteiger partial charge in [-0.2, -0.15) is 0 Å². The molecule has 2 N–H and O–H groups in total. The average molecular weight is 255 g/mol. The molecule has 3 heteroatoms. The van der Waals surface area contributed by atoms with Gasteiger partial charge in [-0.15, -0.1) is 0 Å². The van der Waals surface area contributed by atoms with E-state index in [4.69, 9.17) is 5.73 Å². The normalized spacial score (nSPS) is 13.3. The van der Waals surface area contributed by atoms with Gasteiger partial charge in [-0.3, -0.25) is 0 Å². The molecule has 0 saturated carbocycles. The van der Waals surface area contributed by atoms with Crippen molar-refractivity contribution in [3.05, 3.63) is 59.7 Å². The predicted molar refractivity (Wildman–Crippen MR) is 78.1 cm³/mol. The van der Waals surface area contributed by atoms with Crippen molar-refractivity contribution in [2.24, 2.45) is 5.73 Å². The first-order valence-corrected chi connectivity index (χ1v) is 6.59. The third-order valence-corrected chi connectivity index (χ3v) is 3.38. The second-order valence-electron chi connectivity index (χ2n) is 5.79. The molecule has 3 nitrogen and oxygen atoms in total. The molecular weight excluding hydrogens is 234 g/mol. The molecular formula is C16H21N3. The maximum atomic E-state index is 5.90.